The van der Waals surface area contributed by atoms with Crippen molar-refractivity contribution in [3.05, 3.63) is 130 Å². The molecule has 0 aliphatic heterocycles. The maximum Gasteiger partial charge on any atom is 0.409 e. The molecule has 4 aromatic carbocycles. The molecule has 0 aromatic heterocycles. The van der Waals surface area contributed by atoms with Gasteiger partial charge in [0.2, 0.25) is 5.91 Å². The molecule has 1 aliphatic carbocycles. The monoisotopic (exact) mass is 695 g/mol. The summed E-state index contributed by atoms with van der Waals surface area (Å²) in [7, 11) is 5.66. The van der Waals surface area contributed by atoms with Crippen LogP contribution in [0.4, 0.5) is 4.79 Å². The van der Waals surface area contributed by atoms with Crippen molar-refractivity contribution >= 4 is 29.6 Å². The lowest BCUT2D eigenvalue weighted by Gasteiger charge is -2.35. The van der Waals surface area contributed by atoms with Gasteiger partial charge in [-0.2, -0.15) is 0 Å². The molecule has 4 aromatic rings. The van der Waals surface area contributed by atoms with E-state index in [4.69, 9.17) is 16.3 Å². The van der Waals surface area contributed by atoms with Crippen molar-refractivity contribution in [2.45, 2.75) is 37.6 Å². The van der Waals surface area contributed by atoms with Crippen molar-refractivity contribution in [1.29, 1.82) is 0 Å². The quantitative estimate of drug-likeness (QED) is 0.133. The van der Waals surface area contributed by atoms with Crippen LogP contribution in [0.1, 0.15) is 41.0 Å². The largest absolute Gasteiger partial charge is 0.481 e. The first-order valence-corrected chi connectivity index (χ1v) is 17.5. The minimum Gasteiger partial charge on any atom is -0.481 e. The second-order valence-corrected chi connectivity index (χ2v) is 13.8. The highest BCUT2D eigenvalue weighted by molar-refractivity contribution is 6.30. The van der Waals surface area contributed by atoms with E-state index in [-0.39, 0.29) is 31.4 Å². The number of hydrogen-bond donors (Lipinski definition) is 1. The number of carbonyl (C=O) groups is 3. The Kier molecular flexibility index (Phi) is 12.7. The maximum absolute atomic E-state index is 14.3. The fraction of sp³-hybridized carbons (Fsp3) is 0.341. The number of nitrogens with zero attached hydrogens (tertiary/aromatic N) is 3. The lowest BCUT2D eigenvalue weighted by molar-refractivity contribution is -0.145. The van der Waals surface area contributed by atoms with Gasteiger partial charge in [-0.3, -0.25) is 9.59 Å². The summed E-state index contributed by atoms with van der Waals surface area (Å²) in [6, 6.07) is 32.9. The van der Waals surface area contributed by atoms with Crippen LogP contribution in [-0.2, 0) is 27.2 Å². The zero-order valence-electron chi connectivity index (χ0n) is 29.0. The number of likely N-dealkylation sites (N-methyl/N-ethyl adjacent to an activating group) is 1. The van der Waals surface area contributed by atoms with Crippen molar-refractivity contribution in [3.63, 3.8) is 0 Å². The third-order valence-electron chi connectivity index (χ3n) is 9.43. The molecule has 0 heterocycles. The molecular weight excluding hydrogens is 650 g/mol. The molecule has 2 amide bonds. The molecule has 0 fully saturated rings. The molecule has 0 saturated carbocycles. The number of ether oxygens (including phenoxy) is 1. The number of carbonyl (C=O) groups excluding carboxylic acids is 2. The first kappa shape index (κ1) is 36.6. The van der Waals surface area contributed by atoms with Gasteiger partial charge < -0.3 is 24.5 Å². The van der Waals surface area contributed by atoms with Gasteiger partial charge in [0.1, 0.15) is 6.61 Å². The van der Waals surface area contributed by atoms with Gasteiger partial charge in [-0.15, -0.1) is 0 Å². The Hall–Kier alpha value is -4.66. The highest BCUT2D eigenvalue weighted by Gasteiger charge is 2.33. The van der Waals surface area contributed by atoms with E-state index < -0.39 is 24.0 Å². The molecular formula is C41H46ClN3O5. The van der Waals surface area contributed by atoms with E-state index in [2.05, 4.69) is 29.2 Å². The number of carboxylic acids is 1. The molecule has 2 atom stereocenters. The van der Waals surface area contributed by atoms with E-state index in [0.29, 0.717) is 30.8 Å². The van der Waals surface area contributed by atoms with E-state index in [9.17, 15) is 19.5 Å². The Bertz CT molecular complexity index is 1700. The van der Waals surface area contributed by atoms with Crippen molar-refractivity contribution in [3.8, 4) is 11.1 Å². The minimum atomic E-state index is -1.03. The number of halogens is 1. The molecule has 262 valence electrons. The van der Waals surface area contributed by atoms with E-state index in [1.807, 2.05) is 93.0 Å². The molecule has 0 spiro atoms. The summed E-state index contributed by atoms with van der Waals surface area (Å²) in [6.45, 7) is 1.54. The lowest BCUT2D eigenvalue weighted by atomic mass is 9.94. The predicted octanol–water partition coefficient (Wildman–Crippen LogP) is 7.25. The van der Waals surface area contributed by atoms with Gasteiger partial charge in [-0.05, 0) is 85.4 Å². The Morgan fingerprint density at radius 3 is 1.94 bits per heavy atom. The highest BCUT2D eigenvalue weighted by atomic mass is 35.5. The summed E-state index contributed by atoms with van der Waals surface area (Å²) in [5.74, 6) is -2.11. The van der Waals surface area contributed by atoms with Gasteiger partial charge in [0.05, 0.1) is 18.4 Å². The van der Waals surface area contributed by atoms with Gasteiger partial charge >= 0.3 is 12.1 Å². The summed E-state index contributed by atoms with van der Waals surface area (Å²) in [6.07, 6.45) is 0.657. The first-order chi connectivity index (χ1) is 24.1. The van der Waals surface area contributed by atoms with Crippen LogP contribution in [0.15, 0.2) is 103 Å². The number of fused-ring (bicyclic) bond motifs is 3. The van der Waals surface area contributed by atoms with Gasteiger partial charge in [0.25, 0.3) is 0 Å². The number of aliphatic carboxylic acids is 1. The number of hydrogen-bond acceptors (Lipinski definition) is 5. The number of benzene rings is 4. The molecule has 50 heavy (non-hydrogen) atoms. The van der Waals surface area contributed by atoms with Crippen molar-refractivity contribution in [2.24, 2.45) is 5.92 Å². The second-order valence-electron chi connectivity index (χ2n) is 13.3. The normalized spacial score (nSPS) is 13.3. The number of rotatable bonds is 16. The third-order valence-corrected chi connectivity index (χ3v) is 9.68. The van der Waals surface area contributed by atoms with Crippen LogP contribution in [0, 0.1) is 5.92 Å². The number of carboxylic acid groups (broad SMARTS) is 1. The van der Waals surface area contributed by atoms with E-state index >= 15 is 0 Å². The van der Waals surface area contributed by atoms with Crippen LogP contribution in [-0.4, -0.2) is 91.2 Å². The van der Waals surface area contributed by atoms with Crippen LogP contribution < -0.4 is 0 Å². The minimum absolute atomic E-state index is 0.0895. The Labute approximate surface area is 300 Å². The molecule has 9 heteroatoms. The molecule has 8 nitrogen and oxygen atoms in total. The fourth-order valence-corrected chi connectivity index (χ4v) is 6.93. The Morgan fingerprint density at radius 2 is 1.34 bits per heavy atom. The van der Waals surface area contributed by atoms with Crippen molar-refractivity contribution < 1.29 is 24.2 Å². The van der Waals surface area contributed by atoms with Crippen LogP contribution in [0.5, 0.6) is 0 Å². The third kappa shape index (κ3) is 9.52. The molecule has 0 unspecified atom stereocenters. The second kappa shape index (κ2) is 17.3. The average molecular weight is 696 g/mol. The molecule has 1 N–H and O–H groups in total. The highest BCUT2D eigenvalue weighted by Crippen LogP contribution is 2.44. The van der Waals surface area contributed by atoms with E-state index in [0.717, 1.165) is 39.9 Å². The zero-order chi connectivity index (χ0) is 35.6. The van der Waals surface area contributed by atoms with Crippen LogP contribution >= 0.6 is 11.6 Å². The topological polar surface area (TPSA) is 90.4 Å². The van der Waals surface area contributed by atoms with Gasteiger partial charge in [0, 0.05) is 31.1 Å². The standard InChI is InChI=1S/C41H46ClN3O5/c1-43(2)22-11-23-45(40(48)31(26-39(46)47)24-29-12-5-4-6-13-29)27-33(25-30-18-20-32(42)21-19-30)44(3)41(49)50-28-38-36-16-9-7-14-34(36)35-15-8-10-17-37(35)38/h4-10,12-21,31,33,38H,11,22-28H2,1-3H3,(H,46,47)/t31-,33-/m1/s1. The Balaban J connectivity index is 1.39. The fourth-order valence-electron chi connectivity index (χ4n) is 6.80. The molecule has 0 bridgehead atoms. The Morgan fingerprint density at radius 1 is 0.760 bits per heavy atom. The van der Waals surface area contributed by atoms with Crippen molar-refractivity contribution in [2.75, 3.05) is 47.4 Å². The molecule has 5 rings (SSSR count). The zero-order valence-corrected chi connectivity index (χ0v) is 29.8. The summed E-state index contributed by atoms with van der Waals surface area (Å²) < 4.78 is 6.05. The number of amides is 2. The van der Waals surface area contributed by atoms with Crippen LogP contribution in [0.25, 0.3) is 11.1 Å². The summed E-state index contributed by atoms with van der Waals surface area (Å²) in [4.78, 5) is 45.6. The smallest absolute Gasteiger partial charge is 0.409 e. The van der Waals surface area contributed by atoms with Gasteiger partial charge in [0.15, 0.2) is 0 Å². The predicted molar refractivity (Wildman–Crippen MR) is 197 cm³/mol. The lowest BCUT2D eigenvalue weighted by Crippen LogP contribution is -2.50. The summed E-state index contributed by atoms with van der Waals surface area (Å²) in [5.41, 5.74) is 6.40. The molecule has 0 radical (unpaired) electrons. The SMILES string of the molecule is CN(C)CCCN(C[C@@H](Cc1ccc(Cl)cc1)N(C)C(=O)OCC1c2ccccc2-c2ccccc21)C(=O)[C@@H](CC(=O)O)Cc1ccccc1. The first-order valence-electron chi connectivity index (χ1n) is 17.1. The van der Waals surface area contributed by atoms with E-state index in [1.165, 1.54) is 0 Å². The maximum atomic E-state index is 14.3. The van der Waals surface area contributed by atoms with Crippen molar-refractivity contribution in [1.82, 2.24) is 14.7 Å². The average Bonchev–Trinajstić information content (AvgIpc) is 3.43. The molecule has 0 saturated heterocycles. The van der Waals surface area contributed by atoms with Crippen LogP contribution in [0.2, 0.25) is 5.02 Å². The van der Waals surface area contributed by atoms with Gasteiger partial charge in [-0.1, -0.05) is 103 Å². The summed E-state index contributed by atoms with van der Waals surface area (Å²) in [5, 5.41) is 10.4. The summed E-state index contributed by atoms with van der Waals surface area (Å²) >= 11 is 6.20. The van der Waals surface area contributed by atoms with Crippen LogP contribution in [0.3, 0.4) is 0 Å². The van der Waals surface area contributed by atoms with Gasteiger partial charge in [-0.25, -0.2) is 4.79 Å². The molecule has 1 aliphatic rings. The van der Waals surface area contributed by atoms with E-state index in [1.54, 1.807) is 16.8 Å².